The molecule has 0 bridgehead atoms. The molecule has 0 spiro atoms. The predicted molar refractivity (Wildman–Crippen MR) is 48.6 cm³/mol. The predicted octanol–water partition coefficient (Wildman–Crippen LogP) is 1.93. The Labute approximate surface area is 70.1 Å². The van der Waals surface area contributed by atoms with Gasteiger partial charge in [0.25, 0.3) is 0 Å². The summed E-state index contributed by atoms with van der Waals surface area (Å²) in [5, 5.41) is 0. The third-order valence-electron chi connectivity index (χ3n) is 2.36. The minimum absolute atomic E-state index is 0.00910. The van der Waals surface area contributed by atoms with E-state index in [-0.39, 0.29) is 5.54 Å². The Bertz CT molecular complexity index is 89.6. The molecule has 0 amide bonds. The summed E-state index contributed by atoms with van der Waals surface area (Å²) < 4.78 is 5.25. The summed E-state index contributed by atoms with van der Waals surface area (Å²) >= 11 is 0. The third-order valence-corrected chi connectivity index (χ3v) is 2.36. The van der Waals surface area contributed by atoms with Gasteiger partial charge in [-0.2, -0.15) is 0 Å². The maximum absolute atomic E-state index is 6.06. The van der Waals surface area contributed by atoms with Crippen LogP contribution in [0.4, 0.5) is 0 Å². The third kappa shape index (κ3) is 4.38. The molecule has 2 nitrogen and oxygen atoms in total. The lowest BCUT2D eigenvalue weighted by Gasteiger charge is -2.26. The Morgan fingerprint density at radius 3 is 2.09 bits per heavy atom. The van der Waals surface area contributed by atoms with Gasteiger partial charge in [0.1, 0.15) is 0 Å². The summed E-state index contributed by atoms with van der Waals surface area (Å²) in [7, 11) is 0. The van der Waals surface area contributed by atoms with Crippen molar-refractivity contribution < 1.29 is 4.74 Å². The van der Waals surface area contributed by atoms with Crippen molar-refractivity contribution >= 4 is 0 Å². The quantitative estimate of drug-likeness (QED) is 0.601. The average Bonchev–Trinajstić information content (AvgIpc) is 2.05. The first-order chi connectivity index (χ1) is 5.18. The minimum atomic E-state index is 0.00910. The molecule has 0 rings (SSSR count). The van der Waals surface area contributed by atoms with Crippen LogP contribution in [0.3, 0.4) is 0 Å². The van der Waals surface area contributed by atoms with Crippen molar-refractivity contribution in [1.82, 2.24) is 0 Å². The monoisotopic (exact) mass is 159 g/mol. The molecule has 0 aliphatic rings. The molecule has 0 aromatic heterocycles. The Kier molecular flexibility index (Phi) is 5.51. The summed E-state index contributed by atoms with van der Waals surface area (Å²) in [6.07, 6.45) is 3.06. The van der Waals surface area contributed by atoms with Crippen LogP contribution >= 0.6 is 0 Å². The highest BCUT2D eigenvalue weighted by Gasteiger charge is 2.18. The van der Waals surface area contributed by atoms with Crippen LogP contribution in [0.1, 0.15) is 40.0 Å². The zero-order valence-electron chi connectivity index (χ0n) is 8.02. The van der Waals surface area contributed by atoms with Crippen molar-refractivity contribution in [1.29, 1.82) is 0 Å². The maximum Gasteiger partial charge on any atom is 0.0483 e. The molecule has 0 fully saturated rings. The van der Waals surface area contributed by atoms with Gasteiger partial charge in [-0.3, -0.25) is 0 Å². The highest BCUT2D eigenvalue weighted by atomic mass is 16.5. The van der Waals surface area contributed by atoms with E-state index in [1.54, 1.807) is 0 Å². The molecular formula is C9H21NO. The van der Waals surface area contributed by atoms with Crippen molar-refractivity contribution in [3.8, 4) is 0 Å². The van der Waals surface area contributed by atoms with E-state index in [1.165, 1.54) is 0 Å². The van der Waals surface area contributed by atoms with Gasteiger partial charge in [-0.1, -0.05) is 13.8 Å². The van der Waals surface area contributed by atoms with Crippen LogP contribution < -0.4 is 5.73 Å². The molecule has 0 heterocycles. The molecule has 0 radical (unpaired) electrons. The first-order valence-electron chi connectivity index (χ1n) is 4.55. The summed E-state index contributed by atoms with van der Waals surface area (Å²) in [4.78, 5) is 0. The molecule has 0 saturated heterocycles. The topological polar surface area (TPSA) is 35.2 Å². The Morgan fingerprint density at radius 1 is 1.18 bits per heavy atom. The smallest absolute Gasteiger partial charge is 0.0483 e. The van der Waals surface area contributed by atoms with E-state index < -0.39 is 0 Å². The number of nitrogens with two attached hydrogens (primary N) is 1. The molecule has 0 atom stereocenters. The molecule has 11 heavy (non-hydrogen) atoms. The molecular weight excluding hydrogens is 138 g/mol. The van der Waals surface area contributed by atoms with Crippen molar-refractivity contribution in [2.45, 2.75) is 45.6 Å². The normalized spacial score (nSPS) is 12.0. The first kappa shape index (κ1) is 10.9. The number of hydrogen-bond donors (Lipinski definition) is 1. The standard InChI is InChI=1S/C9H21NO/c1-4-9(10,5-2)7-8-11-6-3/h4-8,10H2,1-3H3. The van der Waals surface area contributed by atoms with E-state index in [9.17, 15) is 0 Å². The number of hydrogen-bond acceptors (Lipinski definition) is 2. The highest BCUT2D eigenvalue weighted by molar-refractivity contribution is 4.80. The van der Waals surface area contributed by atoms with Gasteiger partial charge in [0, 0.05) is 18.8 Å². The zero-order chi connectivity index (χ0) is 8.74. The highest BCUT2D eigenvalue weighted by Crippen LogP contribution is 2.15. The van der Waals surface area contributed by atoms with Gasteiger partial charge in [0.15, 0.2) is 0 Å². The van der Waals surface area contributed by atoms with Crippen LogP contribution in [-0.2, 0) is 4.74 Å². The lowest BCUT2D eigenvalue weighted by Crippen LogP contribution is -2.39. The fraction of sp³-hybridized carbons (Fsp3) is 1.00. The summed E-state index contributed by atoms with van der Waals surface area (Å²) in [6.45, 7) is 7.87. The number of ether oxygens (including phenoxy) is 1. The van der Waals surface area contributed by atoms with E-state index in [1.807, 2.05) is 6.92 Å². The second-order valence-corrected chi connectivity index (χ2v) is 3.02. The SMILES string of the molecule is CCOCCC(N)(CC)CC. The zero-order valence-corrected chi connectivity index (χ0v) is 8.02. The summed E-state index contributed by atoms with van der Waals surface area (Å²) in [5.41, 5.74) is 6.07. The molecule has 2 N–H and O–H groups in total. The van der Waals surface area contributed by atoms with Gasteiger partial charge in [-0.25, -0.2) is 0 Å². The van der Waals surface area contributed by atoms with Crippen molar-refractivity contribution in [3.05, 3.63) is 0 Å². The van der Waals surface area contributed by atoms with E-state index >= 15 is 0 Å². The summed E-state index contributed by atoms with van der Waals surface area (Å²) in [6, 6.07) is 0. The van der Waals surface area contributed by atoms with Crippen molar-refractivity contribution in [2.24, 2.45) is 5.73 Å². The Morgan fingerprint density at radius 2 is 1.73 bits per heavy atom. The molecule has 0 unspecified atom stereocenters. The largest absolute Gasteiger partial charge is 0.382 e. The maximum atomic E-state index is 6.06. The second kappa shape index (κ2) is 5.56. The van der Waals surface area contributed by atoms with Crippen molar-refractivity contribution in [2.75, 3.05) is 13.2 Å². The van der Waals surface area contributed by atoms with Crippen molar-refractivity contribution in [3.63, 3.8) is 0 Å². The Balaban J connectivity index is 3.51. The van der Waals surface area contributed by atoms with Gasteiger partial charge < -0.3 is 10.5 Å². The molecule has 0 saturated carbocycles. The second-order valence-electron chi connectivity index (χ2n) is 3.02. The molecule has 68 valence electrons. The molecule has 2 heteroatoms. The van der Waals surface area contributed by atoms with Gasteiger partial charge >= 0.3 is 0 Å². The number of rotatable bonds is 6. The fourth-order valence-corrected chi connectivity index (χ4v) is 1.02. The first-order valence-corrected chi connectivity index (χ1v) is 4.55. The van der Waals surface area contributed by atoms with Crippen LogP contribution in [0.15, 0.2) is 0 Å². The van der Waals surface area contributed by atoms with Gasteiger partial charge in [0.2, 0.25) is 0 Å². The van der Waals surface area contributed by atoms with E-state index in [4.69, 9.17) is 10.5 Å². The van der Waals surface area contributed by atoms with Crippen LogP contribution in [0.25, 0.3) is 0 Å². The summed E-state index contributed by atoms with van der Waals surface area (Å²) in [5.74, 6) is 0. The Hall–Kier alpha value is -0.0800. The lowest BCUT2D eigenvalue weighted by atomic mass is 9.91. The molecule has 0 aromatic carbocycles. The van der Waals surface area contributed by atoms with Gasteiger partial charge in [-0.05, 0) is 26.2 Å². The van der Waals surface area contributed by atoms with E-state index in [0.717, 1.165) is 32.5 Å². The molecule has 0 aromatic rings. The van der Waals surface area contributed by atoms with Crippen LogP contribution in [0.2, 0.25) is 0 Å². The van der Waals surface area contributed by atoms with Crippen LogP contribution in [0.5, 0.6) is 0 Å². The van der Waals surface area contributed by atoms with Crippen LogP contribution in [-0.4, -0.2) is 18.8 Å². The van der Waals surface area contributed by atoms with Gasteiger partial charge in [0.05, 0.1) is 0 Å². The lowest BCUT2D eigenvalue weighted by molar-refractivity contribution is 0.123. The van der Waals surface area contributed by atoms with Crippen LogP contribution in [0, 0.1) is 0 Å². The van der Waals surface area contributed by atoms with E-state index in [0.29, 0.717) is 0 Å². The van der Waals surface area contributed by atoms with Gasteiger partial charge in [-0.15, -0.1) is 0 Å². The fourth-order valence-electron chi connectivity index (χ4n) is 1.02. The minimum Gasteiger partial charge on any atom is -0.382 e. The average molecular weight is 159 g/mol. The van der Waals surface area contributed by atoms with E-state index in [2.05, 4.69) is 13.8 Å². The molecule has 0 aliphatic heterocycles. The molecule has 0 aliphatic carbocycles.